The third-order valence-corrected chi connectivity index (χ3v) is 4.44. The van der Waals surface area contributed by atoms with E-state index in [4.69, 9.17) is 4.74 Å². The molecule has 2 aromatic carbocycles. The number of benzene rings is 2. The molecule has 7 heteroatoms. The summed E-state index contributed by atoms with van der Waals surface area (Å²) in [6.07, 6.45) is 1.56. The lowest BCUT2D eigenvalue weighted by Gasteiger charge is -2.19. The molecule has 0 radical (unpaired) electrons. The highest BCUT2D eigenvalue weighted by Crippen LogP contribution is 2.22. The minimum atomic E-state index is -0.269. The minimum Gasteiger partial charge on any atom is -0.457 e. The van der Waals surface area contributed by atoms with Gasteiger partial charge in [0.05, 0.1) is 11.7 Å². The van der Waals surface area contributed by atoms with E-state index >= 15 is 0 Å². The van der Waals surface area contributed by atoms with Crippen LogP contribution < -0.4 is 15.6 Å². The van der Waals surface area contributed by atoms with Gasteiger partial charge >= 0.3 is 0 Å². The number of H-pyrrole nitrogens is 1. The third kappa shape index (κ3) is 4.13. The Morgan fingerprint density at radius 3 is 2.41 bits per heavy atom. The first-order chi connectivity index (χ1) is 13.9. The standard InChI is InChI=1S/C22H23N5O2/c1-22(2,3)27-19-18(14-24-27)20(28)26-21(25-19)23-13-15-9-11-17(12-10-15)29-16-7-5-4-6-8-16/h4-12,14H,13H2,1-3H3,(H2,23,25,26,28). The Morgan fingerprint density at radius 1 is 1.03 bits per heavy atom. The van der Waals surface area contributed by atoms with Gasteiger partial charge in [0.2, 0.25) is 5.95 Å². The maximum Gasteiger partial charge on any atom is 0.263 e. The van der Waals surface area contributed by atoms with Crippen LogP contribution >= 0.6 is 0 Å². The van der Waals surface area contributed by atoms with Gasteiger partial charge in [-0.25, -0.2) is 4.68 Å². The van der Waals surface area contributed by atoms with Crippen LogP contribution in [-0.2, 0) is 12.1 Å². The van der Waals surface area contributed by atoms with Crippen molar-refractivity contribution in [3.8, 4) is 11.5 Å². The molecule has 0 aliphatic carbocycles. The summed E-state index contributed by atoms with van der Waals surface area (Å²) in [5, 5.41) is 7.99. The van der Waals surface area contributed by atoms with Crippen LogP contribution in [0, 0.1) is 0 Å². The van der Waals surface area contributed by atoms with Crippen molar-refractivity contribution in [2.45, 2.75) is 32.9 Å². The van der Waals surface area contributed by atoms with E-state index in [1.54, 1.807) is 10.9 Å². The number of ether oxygens (including phenoxy) is 1. The predicted molar refractivity (Wildman–Crippen MR) is 113 cm³/mol. The molecule has 0 bridgehead atoms. The number of anilines is 1. The van der Waals surface area contributed by atoms with Crippen molar-refractivity contribution in [2.75, 3.05) is 5.32 Å². The normalized spacial score (nSPS) is 11.6. The Balaban J connectivity index is 1.49. The van der Waals surface area contributed by atoms with Crippen LogP contribution in [-0.4, -0.2) is 19.7 Å². The molecule has 4 aromatic rings. The number of hydrogen-bond donors (Lipinski definition) is 2. The summed E-state index contributed by atoms with van der Waals surface area (Å²) < 4.78 is 7.57. The first kappa shape index (κ1) is 18.7. The van der Waals surface area contributed by atoms with Crippen molar-refractivity contribution in [1.82, 2.24) is 19.7 Å². The number of hydrogen-bond acceptors (Lipinski definition) is 5. The molecule has 4 rings (SSSR count). The lowest BCUT2D eigenvalue weighted by atomic mass is 10.1. The van der Waals surface area contributed by atoms with E-state index in [1.165, 1.54) is 0 Å². The molecule has 0 aliphatic rings. The van der Waals surface area contributed by atoms with Crippen molar-refractivity contribution in [3.05, 3.63) is 76.7 Å². The van der Waals surface area contributed by atoms with Crippen molar-refractivity contribution in [2.24, 2.45) is 0 Å². The van der Waals surface area contributed by atoms with Crippen molar-refractivity contribution in [1.29, 1.82) is 0 Å². The van der Waals surface area contributed by atoms with Gasteiger partial charge < -0.3 is 10.1 Å². The molecule has 29 heavy (non-hydrogen) atoms. The Morgan fingerprint density at radius 2 is 1.72 bits per heavy atom. The molecule has 0 fully saturated rings. The summed E-state index contributed by atoms with van der Waals surface area (Å²) in [7, 11) is 0. The first-order valence-corrected chi connectivity index (χ1v) is 9.44. The van der Waals surface area contributed by atoms with Crippen LogP contribution in [0.3, 0.4) is 0 Å². The monoisotopic (exact) mass is 389 g/mol. The summed E-state index contributed by atoms with van der Waals surface area (Å²) in [6, 6.07) is 17.4. The quantitative estimate of drug-likeness (QED) is 0.532. The fourth-order valence-electron chi connectivity index (χ4n) is 2.98. The first-order valence-electron chi connectivity index (χ1n) is 9.44. The lowest BCUT2D eigenvalue weighted by Crippen LogP contribution is -2.24. The van der Waals surface area contributed by atoms with E-state index < -0.39 is 0 Å². The molecule has 0 spiro atoms. The van der Waals surface area contributed by atoms with Crippen LogP contribution in [0.4, 0.5) is 5.95 Å². The van der Waals surface area contributed by atoms with Crippen LogP contribution in [0.1, 0.15) is 26.3 Å². The smallest absolute Gasteiger partial charge is 0.263 e. The molecule has 148 valence electrons. The van der Waals surface area contributed by atoms with Crippen molar-refractivity contribution >= 4 is 17.0 Å². The van der Waals surface area contributed by atoms with Gasteiger partial charge in [-0.3, -0.25) is 9.78 Å². The SMILES string of the molecule is CC(C)(C)n1ncc2c(=O)[nH]c(NCc3ccc(Oc4ccccc4)cc3)nc21. The minimum absolute atomic E-state index is 0.209. The number of rotatable bonds is 5. The number of aromatic amines is 1. The van der Waals surface area contributed by atoms with Crippen LogP contribution in [0.25, 0.3) is 11.0 Å². The molecule has 0 saturated carbocycles. The van der Waals surface area contributed by atoms with E-state index in [2.05, 4.69) is 20.4 Å². The maximum atomic E-state index is 12.4. The van der Waals surface area contributed by atoms with E-state index in [0.29, 0.717) is 23.5 Å². The molecule has 0 amide bonds. The second-order valence-electron chi connectivity index (χ2n) is 7.79. The highest BCUT2D eigenvalue weighted by Gasteiger charge is 2.19. The Hall–Kier alpha value is -3.61. The largest absolute Gasteiger partial charge is 0.457 e. The number of nitrogens with one attached hydrogen (secondary N) is 2. The zero-order valence-corrected chi connectivity index (χ0v) is 16.6. The number of nitrogens with zero attached hydrogens (tertiary/aromatic N) is 3. The molecule has 0 atom stereocenters. The molecule has 7 nitrogen and oxygen atoms in total. The predicted octanol–water partition coefficient (Wildman–Crippen LogP) is 4.28. The molecule has 2 N–H and O–H groups in total. The molecular weight excluding hydrogens is 366 g/mol. The fraction of sp³-hybridized carbons (Fsp3) is 0.227. The summed E-state index contributed by atoms with van der Waals surface area (Å²) in [5.41, 5.74) is 1.13. The van der Waals surface area contributed by atoms with Gasteiger partial charge in [0.1, 0.15) is 16.9 Å². The van der Waals surface area contributed by atoms with E-state index in [0.717, 1.165) is 17.1 Å². The van der Waals surface area contributed by atoms with Gasteiger partial charge in [0.15, 0.2) is 5.65 Å². The zero-order chi connectivity index (χ0) is 20.4. The van der Waals surface area contributed by atoms with E-state index in [-0.39, 0.29) is 11.1 Å². The molecule has 0 aliphatic heterocycles. The maximum absolute atomic E-state index is 12.4. The van der Waals surface area contributed by atoms with Crippen LogP contribution in [0.2, 0.25) is 0 Å². The molecule has 2 heterocycles. The summed E-state index contributed by atoms with van der Waals surface area (Å²) in [5.74, 6) is 1.98. The highest BCUT2D eigenvalue weighted by atomic mass is 16.5. The van der Waals surface area contributed by atoms with Crippen molar-refractivity contribution in [3.63, 3.8) is 0 Å². The second kappa shape index (κ2) is 7.43. The average Bonchev–Trinajstić information content (AvgIpc) is 3.13. The van der Waals surface area contributed by atoms with Gasteiger partial charge in [-0.05, 0) is 50.6 Å². The molecule has 2 aromatic heterocycles. The topological polar surface area (TPSA) is 84.8 Å². The van der Waals surface area contributed by atoms with Crippen LogP contribution in [0.15, 0.2) is 65.6 Å². The fourth-order valence-corrected chi connectivity index (χ4v) is 2.98. The number of para-hydroxylation sites is 1. The Bertz CT molecular complexity index is 1170. The van der Waals surface area contributed by atoms with Crippen LogP contribution in [0.5, 0.6) is 11.5 Å². The van der Waals surface area contributed by atoms with Gasteiger partial charge in [0, 0.05) is 6.54 Å². The molecule has 0 unspecified atom stereocenters. The lowest BCUT2D eigenvalue weighted by molar-refractivity contribution is 0.366. The second-order valence-corrected chi connectivity index (χ2v) is 7.79. The number of aromatic nitrogens is 4. The zero-order valence-electron chi connectivity index (χ0n) is 16.6. The third-order valence-electron chi connectivity index (χ3n) is 4.44. The summed E-state index contributed by atoms with van der Waals surface area (Å²) >= 11 is 0. The van der Waals surface area contributed by atoms with Gasteiger partial charge in [-0.2, -0.15) is 10.1 Å². The van der Waals surface area contributed by atoms with Crippen molar-refractivity contribution < 1.29 is 4.74 Å². The van der Waals surface area contributed by atoms with E-state index in [1.807, 2.05) is 75.4 Å². The summed E-state index contributed by atoms with van der Waals surface area (Å²) in [6.45, 7) is 6.58. The molecule has 0 saturated heterocycles. The Kier molecular flexibility index (Phi) is 4.80. The Labute approximate surface area is 168 Å². The van der Waals surface area contributed by atoms with Gasteiger partial charge in [-0.1, -0.05) is 30.3 Å². The number of fused-ring (bicyclic) bond motifs is 1. The van der Waals surface area contributed by atoms with Gasteiger partial charge in [0.25, 0.3) is 5.56 Å². The highest BCUT2D eigenvalue weighted by molar-refractivity contribution is 5.74. The van der Waals surface area contributed by atoms with Gasteiger partial charge in [-0.15, -0.1) is 0 Å². The summed E-state index contributed by atoms with van der Waals surface area (Å²) in [4.78, 5) is 19.7. The molecular formula is C22H23N5O2. The average molecular weight is 389 g/mol. The van der Waals surface area contributed by atoms with E-state index in [9.17, 15) is 4.79 Å².